The zero-order valence-electron chi connectivity index (χ0n) is 53.3. The molecular weight excluding hydrogens is 1330 g/mol. The number of nitrogen functional groups attached to an aromatic ring is 1. The third-order valence-corrected chi connectivity index (χ3v) is 13.6. The number of anilines is 1. The van der Waals surface area contributed by atoms with Gasteiger partial charge in [0.1, 0.15) is 40.9 Å². The molecule has 512 valence electrons. The van der Waals surface area contributed by atoms with E-state index in [1.807, 2.05) is 18.5 Å². The Hall–Kier alpha value is -11.6. The molecule has 98 heavy (non-hydrogen) atoms. The summed E-state index contributed by atoms with van der Waals surface area (Å²) >= 11 is 10.8. The molecule has 37 heteroatoms. The van der Waals surface area contributed by atoms with E-state index in [0.29, 0.717) is 46.3 Å². The number of aryl methyl sites for hydroxylation is 3. The summed E-state index contributed by atoms with van der Waals surface area (Å²) in [6.45, 7) is 13.0. The molecule has 0 saturated heterocycles. The quantitative estimate of drug-likeness (QED) is 0.0420. The molecular formula is C61H64Cl2F3N23O9. The molecule has 2 N–H and O–H groups in total. The molecule has 0 fully saturated rings. The number of tetrazole rings is 1. The smallest absolute Gasteiger partial charge is 0.397 e. The first-order valence-corrected chi connectivity index (χ1v) is 30.4. The average molecular weight is 1390 g/mol. The van der Waals surface area contributed by atoms with Crippen LogP contribution < -0.4 is 5.73 Å². The molecule has 0 unspecified atom stereocenters. The van der Waals surface area contributed by atoms with Gasteiger partial charge >= 0.3 is 6.18 Å². The van der Waals surface area contributed by atoms with Crippen LogP contribution in [-0.4, -0.2) is 115 Å². The number of Topliss-reactive ketones (excluding diaryl/α,β-unsaturated/α-hetero) is 1. The van der Waals surface area contributed by atoms with Crippen LogP contribution in [-0.2, 0) is 43.1 Å². The maximum atomic E-state index is 13.1. The van der Waals surface area contributed by atoms with E-state index in [4.69, 9.17) is 28.9 Å². The molecule has 0 aliphatic heterocycles. The number of pyridine rings is 6. The van der Waals surface area contributed by atoms with Gasteiger partial charge in [-0.1, -0.05) is 105 Å². The lowest BCUT2D eigenvalue weighted by molar-refractivity contribution is -0.385. The number of hydrogen-bond acceptors (Lipinski definition) is 24. The van der Waals surface area contributed by atoms with Gasteiger partial charge in [0.05, 0.1) is 72.8 Å². The van der Waals surface area contributed by atoms with Gasteiger partial charge in [-0.25, -0.2) is 39.0 Å². The molecule has 0 aliphatic rings. The highest BCUT2D eigenvalue weighted by atomic mass is 35.5. The minimum Gasteiger partial charge on any atom is -0.397 e. The zero-order chi connectivity index (χ0) is 71.5. The normalized spacial score (nSPS) is 10.8. The highest BCUT2D eigenvalue weighted by Crippen LogP contribution is 2.32. The van der Waals surface area contributed by atoms with Gasteiger partial charge < -0.3 is 5.73 Å². The van der Waals surface area contributed by atoms with Crippen LogP contribution in [0.5, 0.6) is 0 Å². The second-order valence-electron chi connectivity index (χ2n) is 22.2. The molecule has 0 radical (unpaired) electrons. The monoisotopic (exact) mass is 1390 g/mol. The lowest BCUT2D eigenvalue weighted by atomic mass is 9.99. The number of carbonyl (C=O) groups excluding carboxylic acids is 1. The number of rotatable bonds is 20. The van der Waals surface area contributed by atoms with Crippen LogP contribution >= 0.6 is 23.2 Å². The van der Waals surface area contributed by atoms with E-state index in [1.54, 1.807) is 52.2 Å². The Morgan fingerprint density at radius 2 is 0.908 bits per heavy atom. The maximum absolute atomic E-state index is 13.1. The van der Waals surface area contributed by atoms with Crippen LogP contribution in [0, 0.1) is 58.2 Å². The Bertz CT molecular complexity index is 4290. The topological polar surface area (TPSA) is 415 Å². The van der Waals surface area contributed by atoms with E-state index in [2.05, 4.69) is 113 Å². The summed E-state index contributed by atoms with van der Waals surface area (Å²) in [5.74, 6) is 3.39. The van der Waals surface area contributed by atoms with Gasteiger partial charge in [-0.15, -0.1) is 20.4 Å². The minimum atomic E-state index is -4.48. The molecule has 0 amide bonds. The van der Waals surface area contributed by atoms with Gasteiger partial charge in [0.15, 0.2) is 23.1 Å². The average Bonchev–Trinajstić information content (AvgIpc) is 0.958. The van der Waals surface area contributed by atoms with Crippen LogP contribution in [0.4, 0.5) is 41.6 Å². The van der Waals surface area contributed by atoms with Gasteiger partial charge in [0.2, 0.25) is 0 Å². The molecule has 11 rings (SSSR count). The molecule has 10 aromatic heterocycles. The van der Waals surface area contributed by atoms with Gasteiger partial charge in [0, 0.05) is 43.3 Å². The number of fused-ring (bicyclic) bond motifs is 1. The largest absolute Gasteiger partial charge is 0.416 e. The zero-order valence-corrected chi connectivity index (χ0v) is 54.8. The van der Waals surface area contributed by atoms with Crippen LogP contribution in [0.15, 0.2) is 153 Å². The summed E-state index contributed by atoms with van der Waals surface area (Å²) in [7, 11) is 0. The number of hydrogen-bond donors (Lipinski definition) is 1. The summed E-state index contributed by atoms with van der Waals surface area (Å²) < 4.78 is 45.3. The predicted octanol–water partition coefficient (Wildman–Crippen LogP) is 11.9. The highest BCUT2D eigenvalue weighted by Gasteiger charge is 2.33. The van der Waals surface area contributed by atoms with Crippen molar-refractivity contribution in [2.24, 2.45) is 17.8 Å². The lowest BCUT2D eigenvalue weighted by Gasteiger charge is -2.12. The van der Waals surface area contributed by atoms with Crippen LogP contribution in [0.25, 0.3) is 23.1 Å². The molecule has 11 aromatic rings. The fourth-order valence-electron chi connectivity index (χ4n) is 7.94. The molecule has 0 aliphatic carbocycles. The fourth-order valence-corrected chi connectivity index (χ4v) is 8.16. The van der Waals surface area contributed by atoms with E-state index in [1.165, 1.54) is 82.3 Å². The fraction of sp³-hybridized carbons (Fsp3) is 0.295. The Morgan fingerprint density at radius 3 is 1.30 bits per heavy atom. The van der Waals surface area contributed by atoms with Gasteiger partial charge in [-0.2, -0.15) is 17.7 Å². The molecule has 1 aromatic carbocycles. The van der Waals surface area contributed by atoms with Gasteiger partial charge in [-0.05, 0) is 126 Å². The van der Waals surface area contributed by atoms with E-state index in [-0.39, 0.29) is 57.2 Å². The van der Waals surface area contributed by atoms with Crippen LogP contribution in [0.2, 0.25) is 10.3 Å². The maximum Gasteiger partial charge on any atom is 0.416 e. The Morgan fingerprint density at radius 1 is 0.490 bits per heavy atom. The van der Waals surface area contributed by atoms with Crippen molar-refractivity contribution in [3.05, 3.63) is 237 Å². The second-order valence-corrected chi connectivity index (χ2v) is 23.0. The van der Waals surface area contributed by atoms with Crippen molar-refractivity contribution in [1.29, 1.82) is 0 Å². The van der Waals surface area contributed by atoms with Crippen LogP contribution in [0.1, 0.15) is 94.6 Å². The summed E-state index contributed by atoms with van der Waals surface area (Å²) in [5.41, 5.74) is 9.16. The lowest BCUT2D eigenvalue weighted by Crippen LogP contribution is -2.14. The highest BCUT2D eigenvalue weighted by molar-refractivity contribution is 6.29. The number of nitrogens with zero attached hydrogens (tertiary/aromatic N) is 22. The standard InChI is InChI=1S/C22H23F3N4O.C12H15N5O2.C12H17N5.2C5H3ClN2O2.C5H3N5O2/c1-15(2)7-9-18-14-29(28-27-18)21-10-8-16(13-26-21)11-19(30)12-17-5-3-4-6-20(17)22(23,24)25;1-9(2)3-4-10-8-16(15-14-10)12-6-5-11(7-13-12)17(18)19;1-9(2)3-5-11-8-17(16-15-11)12-6-4-10(13)7-14-12;2*6-5-2-1-4(3-7-5)8(9)10;11-10(12)4-1-2-5-6-7-8-9(5)3-4/h3-6,8,10,13-15H,7,9,11-12H2,1-2H3;5-9H,3-4H2,1-2H3;4,6-9H,3,5,13H2,1-2H3;2*1-3H;1-3H. The van der Waals surface area contributed by atoms with E-state index in [0.717, 1.165) is 79.9 Å². The first-order valence-electron chi connectivity index (χ1n) is 29.6. The number of halogens is 5. The number of carbonyl (C=O) groups is 1. The van der Waals surface area contributed by atoms with E-state index < -0.39 is 31.4 Å². The molecule has 32 nitrogen and oxygen atoms in total. The number of alkyl halides is 3. The van der Waals surface area contributed by atoms with E-state index >= 15 is 0 Å². The summed E-state index contributed by atoms with van der Waals surface area (Å²) in [5, 5.41) is 76.3. The molecule has 0 spiro atoms. The number of nitro groups is 4. The molecule has 10 heterocycles. The van der Waals surface area contributed by atoms with Crippen molar-refractivity contribution in [1.82, 2.24) is 89.9 Å². The molecule has 0 saturated carbocycles. The van der Waals surface area contributed by atoms with E-state index in [9.17, 15) is 58.4 Å². The van der Waals surface area contributed by atoms with Gasteiger partial charge in [0.25, 0.3) is 22.7 Å². The summed E-state index contributed by atoms with van der Waals surface area (Å²) in [4.78, 5) is 70.7. The Kier molecular flexibility index (Phi) is 28.4. The number of nitrogens with two attached hydrogens (primary N) is 1. The van der Waals surface area contributed by atoms with Crippen LogP contribution in [0.3, 0.4) is 0 Å². The van der Waals surface area contributed by atoms with Crippen molar-refractivity contribution in [2.45, 2.75) is 99.1 Å². The minimum absolute atomic E-state index is 0.0104. The third-order valence-electron chi connectivity index (χ3n) is 13.1. The number of benzene rings is 1. The Balaban J connectivity index is 0.000000195. The molecule has 0 atom stereocenters. The van der Waals surface area contributed by atoms with Gasteiger partial charge in [-0.3, -0.25) is 45.3 Å². The predicted molar refractivity (Wildman–Crippen MR) is 351 cm³/mol. The van der Waals surface area contributed by atoms with Crippen molar-refractivity contribution < 1.29 is 37.7 Å². The first-order chi connectivity index (χ1) is 46.6. The third kappa shape index (κ3) is 25.3. The summed E-state index contributed by atoms with van der Waals surface area (Å²) in [6, 6.07) is 23.4. The van der Waals surface area contributed by atoms with Crippen molar-refractivity contribution in [2.75, 3.05) is 5.73 Å². The first kappa shape index (κ1) is 75.4. The number of aromatic nitrogens is 18. The second kappa shape index (κ2) is 36.9. The number of ketones is 1. The van der Waals surface area contributed by atoms with Crippen molar-refractivity contribution in [3.63, 3.8) is 0 Å². The van der Waals surface area contributed by atoms with Crippen molar-refractivity contribution >= 4 is 63.1 Å². The Labute approximate surface area is 565 Å². The molecule has 0 bridgehead atoms. The van der Waals surface area contributed by atoms with Crippen molar-refractivity contribution in [3.8, 4) is 17.5 Å². The summed E-state index contributed by atoms with van der Waals surface area (Å²) in [6.07, 6.45) is 14.5. The SMILES string of the molecule is CC(C)CCc1cn(-c2ccc(CC(=O)Cc3ccccc3C(F)(F)F)cn2)nn1.CC(C)CCc1cn(-c2ccc(N)cn2)nn1.CC(C)CCc1cn(-c2ccc([N+](=O)[O-])cn2)nn1.O=[N+]([O-])c1ccc(Cl)nc1.O=[N+]([O-])c1ccc(Cl)nc1.O=[N+]([O-])c1ccc2nnnn2c1.